The highest BCUT2D eigenvalue weighted by Crippen LogP contribution is 2.20. The van der Waals surface area contributed by atoms with Gasteiger partial charge in [0.15, 0.2) is 0 Å². The van der Waals surface area contributed by atoms with Crippen LogP contribution in [0.5, 0.6) is 0 Å². The number of nitrogens with zero attached hydrogens (tertiary/aromatic N) is 1. The van der Waals surface area contributed by atoms with E-state index in [0.717, 1.165) is 13.0 Å². The lowest BCUT2D eigenvalue weighted by Crippen LogP contribution is -2.37. The van der Waals surface area contributed by atoms with Crippen molar-refractivity contribution in [2.75, 3.05) is 13.6 Å². The van der Waals surface area contributed by atoms with Crippen molar-refractivity contribution in [1.82, 2.24) is 4.90 Å². The van der Waals surface area contributed by atoms with Crippen molar-refractivity contribution >= 4 is 17.2 Å². The summed E-state index contributed by atoms with van der Waals surface area (Å²) in [6.07, 6.45) is 3.95. The Morgan fingerprint density at radius 1 is 1.60 bits per heavy atom. The number of hydrogen-bond donors (Lipinski definition) is 1. The fourth-order valence-corrected chi connectivity index (χ4v) is 2.21. The quantitative estimate of drug-likeness (QED) is 0.727. The lowest BCUT2D eigenvalue weighted by Gasteiger charge is -2.27. The molecule has 3 atom stereocenters. The summed E-state index contributed by atoms with van der Waals surface area (Å²) in [5.74, 6) is 0. The summed E-state index contributed by atoms with van der Waals surface area (Å²) >= 11 is 4.91. The summed E-state index contributed by atoms with van der Waals surface area (Å²) in [6, 6.07) is 0.405. The van der Waals surface area contributed by atoms with Crippen LogP contribution in [0, 0.1) is 0 Å². The van der Waals surface area contributed by atoms with E-state index in [9.17, 15) is 0 Å². The van der Waals surface area contributed by atoms with Gasteiger partial charge in [-0.25, -0.2) is 0 Å². The number of rotatable bonds is 5. The zero-order chi connectivity index (χ0) is 11.4. The molecule has 0 radical (unpaired) electrons. The zero-order valence-electron chi connectivity index (χ0n) is 9.90. The van der Waals surface area contributed by atoms with Gasteiger partial charge in [0.2, 0.25) is 0 Å². The minimum Gasteiger partial charge on any atom is -0.393 e. The Labute approximate surface area is 98.0 Å². The van der Waals surface area contributed by atoms with Gasteiger partial charge in [0.25, 0.3) is 0 Å². The molecule has 2 N–H and O–H groups in total. The average Bonchev–Trinajstić information content (AvgIpc) is 2.50. The molecule has 88 valence electrons. The molecule has 0 spiro atoms. The third-order valence-electron chi connectivity index (χ3n) is 3.06. The van der Waals surface area contributed by atoms with Crippen LogP contribution in [0.15, 0.2) is 0 Å². The van der Waals surface area contributed by atoms with Crippen molar-refractivity contribution in [3.05, 3.63) is 0 Å². The number of nitrogens with two attached hydrogens (primary N) is 1. The molecule has 3 unspecified atom stereocenters. The van der Waals surface area contributed by atoms with Crippen LogP contribution < -0.4 is 5.73 Å². The molecule has 1 aliphatic heterocycles. The normalized spacial score (nSPS) is 28.3. The summed E-state index contributed by atoms with van der Waals surface area (Å²) in [7, 11) is 2.11. The molecule has 1 fully saturated rings. The van der Waals surface area contributed by atoms with Gasteiger partial charge in [-0.2, -0.15) is 0 Å². The van der Waals surface area contributed by atoms with Crippen LogP contribution in [-0.2, 0) is 4.74 Å². The second-order valence-corrected chi connectivity index (χ2v) is 5.13. The second-order valence-electron chi connectivity index (χ2n) is 4.61. The first-order valence-corrected chi connectivity index (χ1v) is 6.04. The number of hydrogen-bond acceptors (Lipinski definition) is 3. The van der Waals surface area contributed by atoms with Crippen LogP contribution in [-0.4, -0.2) is 41.7 Å². The van der Waals surface area contributed by atoms with Gasteiger partial charge in [-0.3, -0.25) is 0 Å². The SMILES string of the molecule is CC1CCC(CN(C)C(C)CC(N)=S)O1. The molecule has 1 heterocycles. The Hall–Kier alpha value is -0.190. The van der Waals surface area contributed by atoms with E-state index in [-0.39, 0.29) is 0 Å². The van der Waals surface area contributed by atoms with Gasteiger partial charge in [0.05, 0.1) is 17.2 Å². The standard InChI is InChI=1S/C11H22N2OS/c1-8(6-11(12)15)13(3)7-10-5-4-9(2)14-10/h8-10H,4-7H2,1-3H3,(H2,12,15). The Balaban J connectivity index is 2.28. The van der Waals surface area contributed by atoms with Gasteiger partial charge < -0.3 is 15.4 Å². The van der Waals surface area contributed by atoms with E-state index in [1.165, 1.54) is 12.8 Å². The fraction of sp³-hybridized carbons (Fsp3) is 0.909. The Morgan fingerprint density at radius 3 is 2.73 bits per heavy atom. The van der Waals surface area contributed by atoms with Crippen LogP contribution in [0.4, 0.5) is 0 Å². The van der Waals surface area contributed by atoms with Crippen molar-refractivity contribution in [2.45, 2.75) is 51.4 Å². The van der Waals surface area contributed by atoms with E-state index in [4.69, 9.17) is 22.7 Å². The molecule has 1 aliphatic rings. The smallest absolute Gasteiger partial charge is 0.0742 e. The minimum atomic E-state index is 0.388. The molecule has 0 aliphatic carbocycles. The maximum Gasteiger partial charge on any atom is 0.0742 e. The second kappa shape index (κ2) is 5.77. The highest BCUT2D eigenvalue weighted by Gasteiger charge is 2.24. The highest BCUT2D eigenvalue weighted by atomic mass is 32.1. The van der Waals surface area contributed by atoms with Gasteiger partial charge in [0.1, 0.15) is 0 Å². The van der Waals surface area contributed by atoms with Crippen LogP contribution in [0.25, 0.3) is 0 Å². The third-order valence-corrected chi connectivity index (χ3v) is 3.23. The van der Waals surface area contributed by atoms with Crippen LogP contribution >= 0.6 is 12.2 Å². The summed E-state index contributed by atoms with van der Waals surface area (Å²) in [4.78, 5) is 2.87. The molecular formula is C11H22N2OS. The summed E-state index contributed by atoms with van der Waals surface area (Å²) in [6.45, 7) is 5.27. The van der Waals surface area contributed by atoms with Gasteiger partial charge in [-0.05, 0) is 33.7 Å². The first-order chi connectivity index (χ1) is 6.99. The molecule has 15 heavy (non-hydrogen) atoms. The Morgan fingerprint density at radius 2 is 2.27 bits per heavy atom. The molecule has 1 saturated heterocycles. The van der Waals surface area contributed by atoms with E-state index >= 15 is 0 Å². The van der Waals surface area contributed by atoms with Gasteiger partial charge in [0, 0.05) is 19.0 Å². The molecular weight excluding hydrogens is 208 g/mol. The van der Waals surface area contributed by atoms with Gasteiger partial charge >= 0.3 is 0 Å². The van der Waals surface area contributed by atoms with Gasteiger partial charge in [-0.1, -0.05) is 12.2 Å². The molecule has 4 heteroatoms. The van der Waals surface area contributed by atoms with Crippen molar-refractivity contribution in [3.63, 3.8) is 0 Å². The molecule has 0 aromatic carbocycles. The van der Waals surface area contributed by atoms with E-state index in [1.54, 1.807) is 0 Å². The largest absolute Gasteiger partial charge is 0.393 e. The predicted octanol–water partition coefficient (Wildman–Crippen LogP) is 1.55. The van der Waals surface area contributed by atoms with Crippen molar-refractivity contribution in [1.29, 1.82) is 0 Å². The van der Waals surface area contributed by atoms with Crippen LogP contribution in [0.2, 0.25) is 0 Å². The van der Waals surface area contributed by atoms with Gasteiger partial charge in [-0.15, -0.1) is 0 Å². The highest BCUT2D eigenvalue weighted by molar-refractivity contribution is 7.80. The molecule has 0 aromatic rings. The molecule has 0 saturated carbocycles. The van der Waals surface area contributed by atoms with Crippen LogP contribution in [0.1, 0.15) is 33.1 Å². The number of thiocarbonyl (C=S) groups is 1. The summed E-state index contributed by atoms with van der Waals surface area (Å²) < 4.78 is 5.78. The van der Waals surface area contributed by atoms with E-state index in [1.807, 2.05) is 0 Å². The van der Waals surface area contributed by atoms with E-state index in [2.05, 4.69) is 25.8 Å². The molecule has 0 aromatic heterocycles. The van der Waals surface area contributed by atoms with Crippen molar-refractivity contribution < 1.29 is 4.74 Å². The molecule has 0 bridgehead atoms. The van der Waals surface area contributed by atoms with Crippen LogP contribution in [0.3, 0.4) is 0 Å². The maximum atomic E-state index is 5.78. The Kier molecular flexibility index (Phi) is 4.96. The monoisotopic (exact) mass is 230 g/mol. The zero-order valence-corrected chi connectivity index (χ0v) is 10.7. The fourth-order valence-electron chi connectivity index (χ4n) is 1.97. The number of ether oxygens (including phenoxy) is 1. The average molecular weight is 230 g/mol. The molecule has 3 nitrogen and oxygen atoms in total. The topological polar surface area (TPSA) is 38.5 Å². The first-order valence-electron chi connectivity index (χ1n) is 5.63. The van der Waals surface area contributed by atoms with E-state index in [0.29, 0.717) is 23.2 Å². The van der Waals surface area contributed by atoms with E-state index < -0.39 is 0 Å². The summed E-state index contributed by atoms with van der Waals surface area (Å²) in [5.41, 5.74) is 5.53. The number of likely N-dealkylation sites (N-methyl/N-ethyl adjacent to an activating group) is 1. The molecule has 0 amide bonds. The predicted molar refractivity (Wildman–Crippen MR) is 67.1 cm³/mol. The first kappa shape index (κ1) is 12.9. The lowest BCUT2D eigenvalue weighted by molar-refractivity contribution is 0.0303. The maximum absolute atomic E-state index is 5.78. The molecule has 1 rings (SSSR count). The summed E-state index contributed by atoms with van der Waals surface area (Å²) in [5, 5.41) is 0. The third kappa shape index (κ3) is 4.45. The van der Waals surface area contributed by atoms with Crippen molar-refractivity contribution in [3.8, 4) is 0 Å². The Bertz CT molecular complexity index is 223. The van der Waals surface area contributed by atoms with Crippen molar-refractivity contribution in [2.24, 2.45) is 5.73 Å². The minimum absolute atomic E-state index is 0.388. The lowest BCUT2D eigenvalue weighted by atomic mass is 10.1.